The second kappa shape index (κ2) is 7.16. The lowest BCUT2D eigenvalue weighted by atomic mass is 10.2. The molecule has 0 radical (unpaired) electrons. The third-order valence-corrected chi connectivity index (χ3v) is 3.94. The third-order valence-electron chi connectivity index (χ3n) is 3.94. The number of hydrogen-bond acceptors (Lipinski definition) is 4. The van der Waals surface area contributed by atoms with Crippen molar-refractivity contribution in [1.29, 1.82) is 0 Å². The van der Waals surface area contributed by atoms with Crippen molar-refractivity contribution in [2.24, 2.45) is 0 Å². The summed E-state index contributed by atoms with van der Waals surface area (Å²) < 4.78 is 6.67. The number of hydrogen-bond donors (Lipinski definition) is 0. The van der Waals surface area contributed by atoms with E-state index in [2.05, 4.69) is 5.10 Å². The highest BCUT2D eigenvalue weighted by Crippen LogP contribution is 2.12. The second-order valence-electron chi connectivity index (χ2n) is 5.49. The predicted octanol–water partition coefficient (Wildman–Crippen LogP) is 1.79. The van der Waals surface area contributed by atoms with E-state index in [1.807, 2.05) is 30.3 Å². The van der Waals surface area contributed by atoms with Crippen LogP contribution in [0.1, 0.15) is 17.3 Å². The summed E-state index contributed by atoms with van der Waals surface area (Å²) in [5.41, 5.74) is 1.45. The fourth-order valence-electron chi connectivity index (χ4n) is 2.64. The van der Waals surface area contributed by atoms with E-state index in [0.29, 0.717) is 38.3 Å². The zero-order chi connectivity index (χ0) is 16.9. The Kier molecular flexibility index (Phi) is 4.79. The summed E-state index contributed by atoms with van der Waals surface area (Å²) in [7, 11) is 0. The molecule has 0 spiro atoms. The molecule has 2 aromatic rings. The summed E-state index contributed by atoms with van der Waals surface area (Å²) >= 11 is 0. The van der Waals surface area contributed by atoms with Gasteiger partial charge in [0.1, 0.15) is 0 Å². The van der Waals surface area contributed by atoms with Crippen molar-refractivity contribution in [3.63, 3.8) is 0 Å². The van der Waals surface area contributed by atoms with E-state index in [4.69, 9.17) is 4.74 Å². The molecule has 0 unspecified atom stereocenters. The van der Waals surface area contributed by atoms with Gasteiger partial charge in [-0.1, -0.05) is 18.2 Å². The number of piperazine rings is 1. The van der Waals surface area contributed by atoms with Gasteiger partial charge in [-0.3, -0.25) is 4.79 Å². The lowest BCUT2D eigenvalue weighted by Crippen LogP contribution is -2.50. The van der Waals surface area contributed by atoms with Gasteiger partial charge >= 0.3 is 6.09 Å². The van der Waals surface area contributed by atoms with Crippen molar-refractivity contribution in [2.75, 3.05) is 32.8 Å². The zero-order valence-corrected chi connectivity index (χ0v) is 13.6. The average molecular weight is 328 g/mol. The fraction of sp³-hybridized carbons (Fsp3) is 0.353. The van der Waals surface area contributed by atoms with Crippen molar-refractivity contribution in [1.82, 2.24) is 19.6 Å². The van der Waals surface area contributed by atoms with Gasteiger partial charge in [-0.2, -0.15) is 5.10 Å². The highest BCUT2D eigenvalue weighted by molar-refractivity contribution is 5.94. The number of para-hydroxylation sites is 1. The summed E-state index contributed by atoms with van der Waals surface area (Å²) in [6, 6.07) is 9.64. The van der Waals surface area contributed by atoms with Crippen LogP contribution in [0.15, 0.2) is 42.7 Å². The van der Waals surface area contributed by atoms with Gasteiger partial charge in [0.15, 0.2) is 0 Å². The van der Waals surface area contributed by atoms with Crippen molar-refractivity contribution < 1.29 is 14.3 Å². The van der Waals surface area contributed by atoms with E-state index in [-0.39, 0.29) is 12.0 Å². The van der Waals surface area contributed by atoms with Crippen molar-refractivity contribution in [3.8, 4) is 5.69 Å². The quantitative estimate of drug-likeness (QED) is 0.861. The molecule has 3 rings (SSSR count). The van der Waals surface area contributed by atoms with Gasteiger partial charge in [0.2, 0.25) is 0 Å². The lowest BCUT2D eigenvalue weighted by molar-refractivity contribution is 0.0570. The Morgan fingerprint density at radius 2 is 1.75 bits per heavy atom. The lowest BCUT2D eigenvalue weighted by Gasteiger charge is -2.33. The van der Waals surface area contributed by atoms with Gasteiger partial charge in [-0.05, 0) is 19.1 Å². The van der Waals surface area contributed by atoms with Crippen LogP contribution in [0.3, 0.4) is 0 Å². The highest BCUT2D eigenvalue weighted by atomic mass is 16.6. The molecule has 2 amide bonds. The van der Waals surface area contributed by atoms with E-state index >= 15 is 0 Å². The van der Waals surface area contributed by atoms with Crippen LogP contribution in [0.25, 0.3) is 5.69 Å². The molecule has 1 aliphatic rings. The SMILES string of the molecule is CCOC(=O)N1CCN(C(=O)c2cnn(-c3ccccc3)c2)CC1. The normalized spacial score (nSPS) is 14.5. The molecule has 7 nitrogen and oxygen atoms in total. The number of ether oxygens (including phenoxy) is 1. The van der Waals surface area contributed by atoms with Crippen molar-refractivity contribution in [2.45, 2.75) is 6.92 Å². The maximum atomic E-state index is 12.6. The van der Waals surface area contributed by atoms with Crippen molar-refractivity contribution in [3.05, 3.63) is 48.3 Å². The molecule has 1 saturated heterocycles. The number of rotatable bonds is 3. The summed E-state index contributed by atoms with van der Waals surface area (Å²) in [6.45, 7) is 4.09. The number of carbonyl (C=O) groups is 2. The van der Waals surface area contributed by atoms with Gasteiger partial charge in [-0.15, -0.1) is 0 Å². The molecular formula is C17H20N4O3. The number of nitrogens with zero attached hydrogens (tertiary/aromatic N) is 4. The smallest absolute Gasteiger partial charge is 0.409 e. The fourth-order valence-corrected chi connectivity index (χ4v) is 2.64. The van der Waals surface area contributed by atoms with Crippen LogP contribution in [-0.2, 0) is 4.74 Å². The molecule has 0 aliphatic carbocycles. The largest absolute Gasteiger partial charge is 0.450 e. The highest BCUT2D eigenvalue weighted by Gasteiger charge is 2.26. The minimum Gasteiger partial charge on any atom is -0.450 e. The minimum absolute atomic E-state index is 0.0688. The second-order valence-corrected chi connectivity index (χ2v) is 5.49. The first-order chi connectivity index (χ1) is 11.7. The van der Waals surface area contributed by atoms with E-state index in [9.17, 15) is 9.59 Å². The molecule has 7 heteroatoms. The van der Waals surface area contributed by atoms with Crippen LogP contribution in [0.2, 0.25) is 0 Å². The van der Waals surface area contributed by atoms with E-state index < -0.39 is 0 Å². The van der Waals surface area contributed by atoms with Crippen molar-refractivity contribution >= 4 is 12.0 Å². The third kappa shape index (κ3) is 3.40. The molecule has 1 aliphatic heterocycles. The first-order valence-corrected chi connectivity index (χ1v) is 8.00. The first-order valence-electron chi connectivity index (χ1n) is 8.00. The maximum absolute atomic E-state index is 12.6. The van der Waals surface area contributed by atoms with E-state index in [0.717, 1.165) is 5.69 Å². The summed E-state index contributed by atoms with van der Waals surface area (Å²) in [6.07, 6.45) is 2.99. The molecule has 0 bridgehead atoms. The Bertz CT molecular complexity index is 706. The van der Waals surface area contributed by atoms with Crippen LogP contribution in [0.4, 0.5) is 4.79 Å². The topological polar surface area (TPSA) is 67.7 Å². The Morgan fingerprint density at radius 1 is 1.08 bits per heavy atom. The molecule has 1 fully saturated rings. The Balaban J connectivity index is 1.62. The molecule has 0 N–H and O–H groups in total. The van der Waals surface area contributed by atoms with Gasteiger partial charge < -0.3 is 14.5 Å². The summed E-state index contributed by atoms with van der Waals surface area (Å²) in [4.78, 5) is 27.6. The number of aromatic nitrogens is 2. The maximum Gasteiger partial charge on any atom is 0.409 e. The molecule has 126 valence electrons. The molecule has 0 atom stereocenters. The number of amides is 2. The van der Waals surface area contributed by atoms with Crippen LogP contribution in [0, 0.1) is 0 Å². The Labute approximate surface area is 140 Å². The van der Waals surface area contributed by atoms with Gasteiger partial charge in [0.05, 0.1) is 24.1 Å². The molecule has 1 aromatic heterocycles. The van der Waals surface area contributed by atoms with E-state index in [1.54, 1.807) is 33.8 Å². The number of carbonyl (C=O) groups excluding carboxylic acids is 2. The number of benzene rings is 1. The minimum atomic E-state index is -0.318. The molecule has 0 saturated carbocycles. The molecule has 24 heavy (non-hydrogen) atoms. The molecular weight excluding hydrogens is 308 g/mol. The standard InChI is InChI=1S/C17H20N4O3/c1-2-24-17(23)20-10-8-19(9-11-20)16(22)14-12-18-21(13-14)15-6-4-3-5-7-15/h3-7,12-13H,2,8-11H2,1H3. The van der Waals surface area contributed by atoms with Crippen LogP contribution >= 0.6 is 0 Å². The Morgan fingerprint density at radius 3 is 2.42 bits per heavy atom. The van der Waals surface area contributed by atoms with Crippen LogP contribution in [-0.4, -0.2) is 64.4 Å². The summed E-state index contributed by atoms with van der Waals surface area (Å²) in [5.74, 6) is -0.0688. The van der Waals surface area contributed by atoms with Crippen LogP contribution in [0.5, 0.6) is 0 Å². The van der Waals surface area contributed by atoms with Gasteiger partial charge in [0.25, 0.3) is 5.91 Å². The Hall–Kier alpha value is -2.83. The van der Waals surface area contributed by atoms with Gasteiger partial charge in [-0.25, -0.2) is 9.48 Å². The summed E-state index contributed by atoms with van der Waals surface area (Å²) in [5, 5.41) is 4.25. The average Bonchev–Trinajstić information content (AvgIpc) is 3.12. The van der Waals surface area contributed by atoms with Crippen LogP contribution < -0.4 is 0 Å². The molecule has 2 heterocycles. The molecule has 1 aromatic carbocycles. The predicted molar refractivity (Wildman–Crippen MR) is 88.1 cm³/mol. The van der Waals surface area contributed by atoms with E-state index in [1.165, 1.54) is 0 Å². The van der Waals surface area contributed by atoms with Gasteiger partial charge in [0, 0.05) is 32.4 Å². The zero-order valence-electron chi connectivity index (χ0n) is 13.6. The monoisotopic (exact) mass is 328 g/mol. The first kappa shape index (κ1) is 16.0.